The van der Waals surface area contributed by atoms with E-state index in [0.29, 0.717) is 23.8 Å². The third kappa shape index (κ3) is 5.31. The highest BCUT2D eigenvalue weighted by atomic mass is 32.2. The summed E-state index contributed by atoms with van der Waals surface area (Å²) in [7, 11) is -1.53. The Hall–Kier alpha value is -1.40. The minimum absolute atomic E-state index is 0.0123. The number of nitrogens with one attached hydrogen (secondary N) is 1. The van der Waals surface area contributed by atoms with E-state index in [1.807, 2.05) is 6.07 Å². The maximum Gasteiger partial charge on any atom is 0.220 e. The molecule has 1 aliphatic rings. The molecule has 1 aromatic carbocycles. The van der Waals surface area contributed by atoms with Gasteiger partial charge in [0.05, 0.1) is 11.0 Å². The molecule has 2 atom stereocenters. The number of ether oxygens (including phenoxy) is 1. The standard InChI is InChI=1S/C18H27NO4S/c1-13-7-8-15(10-17(13)24(3,21)22)12-19-18(20)11-14-5-4-6-16(9-14)23-2/h7-8,10,14,16H,4-6,9,11-12H2,1-3H3,(H,19,20). The summed E-state index contributed by atoms with van der Waals surface area (Å²) in [6, 6.07) is 5.28. The van der Waals surface area contributed by atoms with Crippen LogP contribution in [-0.2, 0) is 25.9 Å². The summed E-state index contributed by atoms with van der Waals surface area (Å²) < 4.78 is 28.9. The van der Waals surface area contributed by atoms with Crippen LogP contribution in [0.4, 0.5) is 0 Å². The minimum Gasteiger partial charge on any atom is -0.381 e. The number of aryl methyl sites for hydroxylation is 1. The molecule has 2 rings (SSSR count). The van der Waals surface area contributed by atoms with Gasteiger partial charge in [0, 0.05) is 26.3 Å². The van der Waals surface area contributed by atoms with Gasteiger partial charge in [0.1, 0.15) is 0 Å². The van der Waals surface area contributed by atoms with Gasteiger partial charge in [-0.25, -0.2) is 8.42 Å². The third-order valence-electron chi connectivity index (χ3n) is 4.68. The molecule has 1 amide bonds. The molecule has 0 saturated heterocycles. The lowest BCUT2D eigenvalue weighted by atomic mass is 9.85. The number of carbonyl (C=O) groups is 1. The maximum absolute atomic E-state index is 12.2. The molecule has 0 radical (unpaired) electrons. The van der Waals surface area contributed by atoms with Crippen LogP contribution in [0.15, 0.2) is 23.1 Å². The van der Waals surface area contributed by atoms with Crippen LogP contribution in [0.25, 0.3) is 0 Å². The number of sulfone groups is 1. The van der Waals surface area contributed by atoms with Crippen molar-refractivity contribution in [1.82, 2.24) is 5.32 Å². The van der Waals surface area contributed by atoms with Crippen LogP contribution in [0.2, 0.25) is 0 Å². The van der Waals surface area contributed by atoms with Gasteiger partial charge in [-0.15, -0.1) is 0 Å². The van der Waals surface area contributed by atoms with Crippen LogP contribution in [0, 0.1) is 12.8 Å². The molecule has 0 aromatic heterocycles. The van der Waals surface area contributed by atoms with Crippen LogP contribution in [0.3, 0.4) is 0 Å². The quantitative estimate of drug-likeness (QED) is 0.853. The molecule has 0 bridgehead atoms. The zero-order chi connectivity index (χ0) is 17.7. The molecule has 1 saturated carbocycles. The second kappa shape index (κ2) is 8.12. The Morgan fingerprint density at radius 2 is 2.08 bits per heavy atom. The average molecular weight is 353 g/mol. The van der Waals surface area contributed by atoms with E-state index >= 15 is 0 Å². The van der Waals surface area contributed by atoms with Crippen LogP contribution >= 0.6 is 0 Å². The molecule has 2 unspecified atom stereocenters. The summed E-state index contributed by atoms with van der Waals surface area (Å²) in [5.74, 6) is 0.381. The first-order valence-corrected chi connectivity index (χ1v) is 10.3. The fourth-order valence-electron chi connectivity index (χ4n) is 3.33. The summed E-state index contributed by atoms with van der Waals surface area (Å²) in [5, 5.41) is 2.90. The van der Waals surface area contributed by atoms with E-state index in [4.69, 9.17) is 4.74 Å². The van der Waals surface area contributed by atoms with Gasteiger partial charge in [0.25, 0.3) is 0 Å². The molecule has 0 aliphatic heterocycles. The van der Waals surface area contributed by atoms with Crippen molar-refractivity contribution < 1.29 is 17.9 Å². The predicted octanol–water partition coefficient (Wildman–Crippen LogP) is 2.61. The number of amides is 1. The number of hydrogen-bond acceptors (Lipinski definition) is 4. The van der Waals surface area contributed by atoms with Gasteiger partial charge in [-0.1, -0.05) is 18.6 Å². The number of hydrogen-bond donors (Lipinski definition) is 1. The summed E-state index contributed by atoms with van der Waals surface area (Å²) >= 11 is 0. The molecular formula is C18H27NO4S. The van der Waals surface area contributed by atoms with E-state index in [-0.39, 0.29) is 12.0 Å². The molecule has 6 heteroatoms. The third-order valence-corrected chi connectivity index (χ3v) is 5.92. The Bertz CT molecular complexity index is 684. The van der Waals surface area contributed by atoms with E-state index < -0.39 is 9.84 Å². The lowest BCUT2D eigenvalue weighted by molar-refractivity contribution is -0.122. The Morgan fingerprint density at radius 3 is 2.75 bits per heavy atom. The first kappa shape index (κ1) is 18.9. The fraction of sp³-hybridized carbons (Fsp3) is 0.611. The topological polar surface area (TPSA) is 72.5 Å². The summed E-state index contributed by atoms with van der Waals surface area (Å²) in [5.41, 5.74) is 1.52. The highest BCUT2D eigenvalue weighted by Crippen LogP contribution is 2.28. The molecule has 1 N–H and O–H groups in total. The second-order valence-corrected chi connectivity index (χ2v) is 8.73. The van der Waals surface area contributed by atoms with E-state index in [0.717, 1.165) is 36.8 Å². The van der Waals surface area contributed by atoms with Crippen molar-refractivity contribution in [2.45, 2.75) is 56.6 Å². The SMILES string of the molecule is COC1CCCC(CC(=O)NCc2ccc(C)c(S(C)(=O)=O)c2)C1. The van der Waals surface area contributed by atoms with Gasteiger partial charge >= 0.3 is 0 Å². The van der Waals surface area contributed by atoms with Gasteiger partial charge in [-0.2, -0.15) is 0 Å². The Labute approximate surface area is 144 Å². The molecule has 24 heavy (non-hydrogen) atoms. The van der Waals surface area contributed by atoms with Gasteiger partial charge in [0.15, 0.2) is 9.84 Å². The first-order chi connectivity index (χ1) is 11.3. The summed E-state index contributed by atoms with van der Waals surface area (Å²) in [6.07, 6.45) is 6.16. The van der Waals surface area contributed by atoms with Crippen molar-refractivity contribution in [3.05, 3.63) is 29.3 Å². The van der Waals surface area contributed by atoms with E-state index in [9.17, 15) is 13.2 Å². The smallest absolute Gasteiger partial charge is 0.220 e. The van der Waals surface area contributed by atoms with Crippen molar-refractivity contribution in [3.63, 3.8) is 0 Å². The van der Waals surface area contributed by atoms with Crippen molar-refractivity contribution >= 4 is 15.7 Å². The molecule has 0 heterocycles. The fourth-order valence-corrected chi connectivity index (χ4v) is 4.35. The van der Waals surface area contributed by atoms with E-state index in [1.54, 1.807) is 26.2 Å². The normalized spacial score (nSPS) is 21.5. The van der Waals surface area contributed by atoms with Crippen molar-refractivity contribution in [3.8, 4) is 0 Å². The first-order valence-electron chi connectivity index (χ1n) is 8.38. The summed E-state index contributed by atoms with van der Waals surface area (Å²) in [4.78, 5) is 12.5. The van der Waals surface area contributed by atoms with Gasteiger partial charge < -0.3 is 10.1 Å². The molecule has 134 valence electrons. The molecule has 5 nitrogen and oxygen atoms in total. The molecule has 1 aliphatic carbocycles. The monoisotopic (exact) mass is 353 g/mol. The molecule has 0 spiro atoms. The molecule has 1 fully saturated rings. The van der Waals surface area contributed by atoms with Crippen LogP contribution in [0.5, 0.6) is 0 Å². The second-order valence-electron chi connectivity index (χ2n) is 6.74. The van der Waals surface area contributed by atoms with Crippen molar-refractivity contribution in [2.75, 3.05) is 13.4 Å². The Balaban J connectivity index is 1.90. The number of methoxy groups -OCH3 is 1. The zero-order valence-corrected chi connectivity index (χ0v) is 15.5. The Kier molecular flexibility index (Phi) is 6.40. The van der Waals surface area contributed by atoms with Crippen molar-refractivity contribution in [1.29, 1.82) is 0 Å². The minimum atomic E-state index is -3.25. The Morgan fingerprint density at radius 1 is 1.33 bits per heavy atom. The lowest BCUT2D eigenvalue weighted by Crippen LogP contribution is -2.29. The predicted molar refractivity (Wildman–Crippen MR) is 93.5 cm³/mol. The van der Waals surface area contributed by atoms with Gasteiger partial charge in [-0.05, 0) is 49.3 Å². The summed E-state index contributed by atoms with van der Waals surface area (Å²) in [6.45, 7) is 2.12. The van der Waals surface area contributed by atoms with Crippen LogP contribution in [0.1, 0.15) is 43.2 Å². The van der Waals surface area contributed by atoms with Gasteiger partial charge in [0.2, 0.25) is 5.91 Å². The van der Waals surface area contributed by atoms with Crippen LogP contribution < -0.4 is 5.32 Å². The highest BCUT2D eigenvalue weighted by Gasteiger charge is 2.23. The van der Waals surface area contributed by atoms with E-state index in [2.05, 4.69) is 5.32 Å². The average Bonchev–Trinajstić information content (AvgIpc) is 2.53. The largest absolute Gasteiger partial charge is 0.381 e. The molecule has 1 aromatic rings. The van der Waals surface area contributed by atoms with Gasteiger partial charge in [-0.3, -0.25) is 4.79 Å². The molecular weight excluding hydrogens is 326 g/mol. The van der Waals surface area contributed by atoms with Crippen LogP contribution in [-0.4, -0.2) is 33.8 Å². The lowest BCUT2D eigenvalue weighted by Gasteiger charge is -2.27. The number of benzene rings is 1. The zero-order valence-electron chi connectivity index (χ0n) is 14.7. The van der Waals surface area contributed by atoms with E-state index in [1.165, 1.54) is 6.26 Å². The highest BCUT2D eigenvalue weighted by molar-refractivity contribution is 7.90. The number of rotatable bonds is 6. The maximum atomic E-state index is 12.2. The van der Waals surface area contributed by atoms with Crippen molar-refractivity contribution in [2.24, 2.45) is 5.92 Å². The number of carbonyl (C=O) groups excluding carboxylic acids is 1.